The predicted octanol–water partition coefficient (Wildman–Crippen LogP) is 3.19. The Balaban J connectivity index is 1.48. The summed E-state index contributed by atoms with van der Waals surface area (Å²) in [6, 6.07) is 13.3. The van der Waals surface area contributed by atoms with Gasteiger partial charge in [0.1, 0.15) is 30.8 Å². The lowest BCUT2D eigenvalue weighted by Crippen LogP contribution is -2.40. The number of nitrogens with zero attached hydrogens (tertiary/aromatic N) is 4. The van der Waals surface area contributed by atoms with Gasteiger partial charge in [0.2, 0.25) is 0 Å². The summed E-state index contributed by atoms with van der Waals surface area (Å²) in [7, 11) is 1.73. The topological polar surface area (TPSA) is 72.3 Å². The van der Waals surface area contributed by atoms with Crippen molar-refractivity contribution in [2.24, 2.45) is 0 Å². The molecule has 28 heavy (non-hydrogen) atoms. The summed E-state index contributed by atoms with van der Waals surface area (Å²) in [6.45, 7) is 2.52. The lowest BCUT2D eigenvalue weighted by molar-refractivity contribution is 0.191. The Kier molecular flexibility index (Phi) is 6.21. The molecule has 0 aliphatic heterocycles. The van der Waals surface area contributed by atoms with Crippen LogP contribution >= 0.6 is 0 Å². The maximum absolute atomic E-state index is 13.1. The molecule has 0 bridgehead atoms. The molecule has 146 valence electrons. The zero-order valence-electron chi connectivity index (χ0n) is 15.7. The molecule has 0 aliphatic rings. The molecule has 1 aromatic heterocycles. The van der Waals surface area contributed by atoms with E-state index in [1.165, 1.54) is 18.5 Å². The minimum Gasteiger partial charge on any atom is -0.492 e. The number of urea groups is 1. The molecule has 0 aliphatic carbocycles. The summed E-state index contributed by atoms with van der Waals surface area (Å²) in [4.78, 5) is 17.9. The van der Waals surface area contributed by atoms with E-state index in [1.54, 1.807) is 35.1 Å². The largest absolute Gasteiger partial charge is 0.492 e. The van der Waals surface area contributed by atoms with Crippen molar-refractivity contribution in [1.82, 2.24) is 25.0 Å². The van der Waals surface area contributed by atoms with Crippen molar-refractivity contribution in [2.45, 2.75) is 13.0 Å². The van der Waals surface area contributed by atoms with Crippen molar-refractivity contribution >= 4 is 6.03 Å². The normalized spacial score (nSPS) is 11.7. The molecule has 3 rings (SSSR count). The van der Waals surface area contributed by atoms with Crippen molar-refractivity contribution in [1.29, 1.82) is 0 Å². The van der Waals surface area contributed by atoms with Crippen molar-refractivity contribution < 1.29 is 13.9 Å². The summed E-state index contributed by atoms with van der Waals surface area (Å²) in [5, 5.41) is 6.89. The number of aromatic nitrogens is 3. The molecule has 2 aromatic carbocycles. The molecule has 1 N–H and O–H groups in total. The van der Waals surface area contributed by atoms with Gasteiger partial charge in [0, 0.05) is 13.1 Å². The highest BCUT2D eigenvalue weighted by atomic mass is 19.1. The Morgan fingerprint density at radius 2 is 2.07 bits per heavy atom. The highest BCUT2D eigenvalue weighted by molar-refractivity contribution is 5.74. The molecule has 8 heteroatoms. The quantitative estimate of drug-likeness (QED) is 0.636. The Labute approximate surface area is 162 Å². The van der Waals surface area contributed by atoms with Crippen molar-refractivity contribution in [3.63, 3.8) is 0 Å². The summed E-state index contributed by atoms with van der Waals surface area (Å²) in [5.41, 5.74) is 1.90. The van der Waals surface area contributed by atoms with E-state index in [9.17, 15) is 9.18 Å². The molecule has 0 saturated carbocycles. The lowest BCUT2D eigenvalue weighted by atomic mass is 10.1. The first-order chi connectivity index (χ1) is 13.5. The van der Waals surface area contributed by atoms with Gasteiger partial charge in [-0.25, -0.2) is 18.9 Å². The fourth-order valence-electron chi connectivity index (χ4n) is 2.65. The molecular formula is C20H22FN5O2. The number of ether oxygens (including phenoxy) is 1. The minimum atomic E-state index is -0.357. The maximum atomic E-state index is 13.1. The number of carbonyl (C=O) groups excluding carboxylic acids is 1. The zero-order chi connectivity index (χ0) is 19.9. The van der Waals surface area contributed by atoms with Crippen LogP contribution < -0.4 is 10.1 Å². The first-order valence-electron chi connectivity index (χ1n) is 8.88. The predicted molar refractivity (Wildman–Crippen MR) is 103 cm³/mol. The van der Waals surface area contributed by atoms with Crippen molar-refractivity contribution in [3.8, 4) is 11.4 Å². The number of halogens is 1. The second-order valence-electron chi connectivity index (χ2n) is 6.26. The zero-order valence-corrected chi connectivity index (χ0v) is 15.7. The van der Waals surface area contributed by atoms with Gasteiger partial charge >= 0.3 is 6.03 Å². The highest BCUT2D eigenvalue weighted by Gasteiger charge is 2.17. The standard InChI is InChI=1S/C20H22FN5O2/c1-15(16-6-8-18(9-7-16)26-14-22-13-24-26)25(2)20(27)23-10-11-28-19-5-3-4-17(21)12-19/h3-9,12-15H,10-11H2,1-2H3,(H,23,27). The summed E-state index contributed by atoms with van der Waals surface area (Å²) >= 11 is 0. The van der Waals surface area contributed by atoms with E-state index in [-0.39, 0.29) is 24.5 Å². The van der Waals surface area contributed by atoms with Gasteiger partial charge in [-0.2, -0.15) is 5.10 Å². The molecule has 0 spiro atoms. The number of hydrogen-bond donors (Lipinski definition) is 1. The summed E-state index contributed by atoms with van der Waals surface area (Å²) in [6.07, 6.45) is 3.11. The molecule has 7 nitrogen and oxygen atoms in total. The van der Waals surface area contributed by atoms with Crippen LogP contribution in [0, 0.1) is 5.82 Å². The van der Waals surface area contributed by atoms with Gasteiger partial charge in [0.15, 0.2) is 0 Å². The Bertz CT molecular complexity index is 899. The third kappa shape index (κ3) is 4.85. The molecule has 1 heterocycles. The molecule has 3 aromatic rings. The number of carbonyl (C=O) groups is 1. The van der Waals surface area contributed by atoms with Gasteiger partial charge in [0.25, 0.3) is 0 Å². The average molecular weight is 383 g/mol. The van der Waals surface area contributed by atoms with Gasteiger partial charge in [0.05, 0.1) is 18.3 Å². The van der Waals surface area contributed by atoms with Crippen molar-refractivity contribution in [3.05, 3.63) is 72.6 Å². The highest BCUT2D eigenvalue weighted by Crippen LogP contribution is 2.20. The van der Waals surface area contributed by atoms with Gasteiger partial charge < -0.3 is 15.0 Å². The van der Waals surface area contributed by atoms with E-state index >= 15 is 0 Å². The number of benzene rings is 2. The number of hydrogen-bond acceptors (Lipinski definition) is 4. The van der Waals surface area contributed by atoms with Crippen LogP contribution in [0.15, 0.2) is 61.2 Å². The summed E-state index contributed by atoms with van der Waals surface area (Å²) < 4.78 is 20.2. The third-order valence-electron chi connectivity index (χ3n) is 4.40. The molecule has 0 radical (unpaired) electrons. The SMILES string of the molecule is CC(c1ccc(-n2cncn2)cc1)N(C)C(=O)NCCOc1cccc(F)c1. The molecule has 0 fully saturated rings. The van der Waals surface area contributed by atoms with Crippen LogP contribution in [0.4, 0.5) is 9.18 Å². The number of rotatable bonds is 7. The second-order valence-corrected chi connectivity index (χ2v) is 6.26. The maximum Gasteiger partial charge on any atom is 0.317 e. The van der Waals surface area contributed by atoms with Crippen molar-refractivity contribution in [2.75, 3.05) is 20.2 Å². The van der Waals surface area contributed by atoms with Crippen LogP contribution in [0.25, 0.3) is 5.69 Å². The van der Waals surface area contributed by atoms with E-state index in [2.05, 4.69) is 15.4 Å². The van der Waals surface area contributed by atoms with E-state index < -0.39 is 0 Å². The first kappa shape index (κ1) is 19.3. The molecular weight excluding hydrogens is 361 g/mol. The van der Waals surface area contributed by atoms with Crippen LogP contribution in [0.5, 0.6) is 5.75 Å². The van der Waals surface area contributed by atoms with Gasteiger partial charge in [-0.1, -0.05) is 18.2 Å². The van der Waals surface area contributed by atoms with E-state index in [1.807, 2.05) is 31.2 Å². The Morgan fingerprint density at radius 1 is 1.29 bits per heavy atom. The monoisotopic (exact) mass is 383 g/mol. The van der Waals surface area contributed by atoms with Gasteiger partial charge in [-0.15, -0.1) is 0 Å². The van der Waals surface area contributed by atoms with E-state index in [4.69, 9.17) is 4.74 Å². The van der Waals surface area contributed by atoms with Gasteiger partial charge in [-0.3, -0.25) is 0 Å². The van der Waals surface area contributed by atoms with Crippen LogP contribution in [0.3, 0.4) is 0 Å². The number of amides is 2. The van der Waals surface area contributed by atoms with E-state index in [0.29, 0.717) is 12.3 Å². The first-order valence-corrected chi connectivity index (χ1v) is 8.88. The molecule has 2 amide bonds. The average Bonchev–Trinajstić information content (AvgIpc) is 3.25. The lowest BCUT2D eigenvalue weighted by Gasteiger charge is -2.25. The second kappa shape index (κ2) is 8.98. The Morgan fingerprint density at radius 3 is 2.75 bits per heavy atom. The van der Waals surface area contributed by atoms with Crippen LogP contribution in [-0.2, 0) is 0 Å². The van der Waals surface area contributed by atoms with E-state index in [0.717, 1.165) is 11.3 Å². The molecule has 1 atom stereocenters. The fourth-order valence-corrected chi connectivity index (χ4v) is 2.65. The van der Waals surface area contributed by atoms with Crippen LogP contribution in [0.1, 0.15) is 18.5 Å². The number of nitrogens with one attached hydrogen (secondary N) is 1. The molecule has 0 saturated heterocycles. The third-order valence-corrected chi connectivity index (χ3v) is 4.40. The molecule has 1 unspecified atom stereocenters. The van der Waals surface area contributed by atoms with Crippen LogP contribution in [0.2, 0.25) is 0 Å². The minimum absolute atomic E-state index is 0.117. The van der Waals surface area contributed by atoms with Gasteiger partial charge in [-0.05, 0) is 36.8 Å². The van der Waals surface area contributed by atoms with Crippen LogP contribution in [-0.4, -0.2) is 45.9 Å². The Hall–Kier alpha value is -3.42. The smallest absolute Gasteiger partial charge is 0.317 e. The fraction of sp³-hybridized carbons (Fsp3) is 0.250. The summed E-state index contributed by atoms with van der Waals surface area (Å²) in [5.74, 6) is 0.0772.